The fourth-order valence-electron chi connectivity index (χ4n) is 0.953. The number of aromatic nitrogens is 1. The Morgan fingerprint density at radius 3 is 2.77 bits per heavy atom. The molecule has 0 amide bonds. The fourth-order valence-corrected chi connectivity index (χ4v) is 1.40. The summed E-state index contributed by atoms with van der Waals surface area (Å²) < 4.78 is 6.14. The van der Waals surface area contributed by atoms with E-state index in [4.69, 9.17) is 4.74 Å². The van der Waals surface area contributed by atoms with E-state index in [1.807, 2.05) is 6.07 Å². The molecule has 1 heterocycles. The van der Waals surface area contributed by atoms with Gasteiger partial charge in [0.05, 0.1) is 16.4 Å². The van der Waals surface area contributed by atoms with Crippen molar-refractivity contribution in [2.24, 2.45) is 0 Å². The molecule has 0 bridgehead atoms. The standard InChI is InChI=1S/C9H13IN2O/c1-6(2)12-8-4-9(13-3)11-5-7(8)10/h4-6H,1-3H3,(H,11,12). The van der Waals surface area contributed by atoms with Crippen LogP contribution in [0.15, 0.2) is 12.3 Å². The SMILES string of the molecule is COc1cc(NC(C)C)c(I)cn1. The predicted octanol–water partition coefficient (Wildman–Crippen LogP) is 2.52. The molecule has 1 aromatic heterocycles. The van der Waals surface area contributed by atoms with Gasteiger partial charge in [0.15, 0.2) is 0 Å². The average Bonchev–Trinajstić information content (AvgIpc) is 2.08. The van der Waals surface area contributed by atoms with Gasteiger partial charge in [-0.05, 0) is 36.4 Å². The Hall–Kier alpha value is -0.520. The van der Waals surface area contributed by atoms with Crippen molar-refractivity contribution in [2.45, 2.75) is 19.9 Å². The number of nitrogens with one attached hydrogen (secondary N) is 1. The maximum absolute atomic E-state index is 5.04. The Balaban J connectivity index is 2.90. The Morgan fingerprint density at radius 2 is 2.23 bits per heavy atom. The van der Waals surface area contributed by atoms with Gasteiger partial charge in [0.2, 0.25) is 5.88 Å². The summed E-state index contributed by atoms with van der Waals surface area (Å²) in [5.74, 6) is 0.642. The molecule has 0 atom stereocenters. The maximum atomic E-state index is 5.04. The van der Waals surface area contributed by atoms with Crippen LogP contribution in [-0.2, 0) is 0 Å². The van der Waals surface area contributed by atoms with Gasteiger partial charge in [-0.25, -0.2) is 4.98 Å². The van der Waals surface area contributed by atoms with E-state index in [0.717, 1.165) is 9.26 Å². The first-order valence-corrected chi connectivity index (χ1v) is 5.17. The fraction of sp³-hybridized carbons (Fsp3) is 0.444. The third kappa shape index (κ3) is 3.02. The largest absolute Gasteiger partial charge is 0.481 e. The molecule has 0 saturated carbocycles. The van der Waals surface area contributed by atoms with Crippen LogP contribution in [0.2, 0.25) is 0 Å². The number of ether oxygens (including phenoxy) is 1. The van der Waals surface area contributed by atoms with E-state index in [0.29, 0.717) is 11.9 Å². The van der Waals surface area contributed by atoms with E-state index in [1.54, 1.807) is 13.3 Å². The van der Waals surface area contributed by atoms with E-state index in [1.165, 1.54) is 0 Å². The summed E-state index contributed by atoms with van der Waals surface area (Å²) in [4.78, 5) is 4.09. The quantitative estimate of drug-likeness (QED) is 0.869. The van der Waals surface area contributed by atoms with Gasteiger partial charge in [0.1, 0.15) is 0 Å². The molecule has 0 unspecified atom stereocenters. The minimum absolute atomic E-state index is 0.417. The maximum Gasteiger partial charge on any atom is 0.215 e. The summed E-state index contributed by atoms with van der Waals surface area (Å²) in [6, 6.07) is 2.32. The highest BCUT2D eigenvalue weighted by Gasteiger charge is 2.03. The van der Waals surface area contributed by atoms with Crippen molar-refractivity contribution in [3.8, 4) is 5.88 Å². The molecule has 0 spiro atoms. The minimum Gasteiger partial charge on any atom is -0.481 e. The number of anilines is 1. The summed E-state index contributed by atoms with van der Waals surface area (Å²) in [5.41, 5.74) is 1.07. The van der Waals surface area contributed by atoms with Gasteiger partial charge in [-0.2, -0.15) is 0 Å². The molecule has 4 heteroatoms. The summed E-state index contributed by atoms with van der Waals surface area (Å²) in [7, 11) is 1.62. The molecule has 0 aromatic carbocycles. The highest BCUT2D eigenvalue weighted by atomic mass is 127. The molecule has 0 aliphatic heterocycles. The average molecular weight is 292 g/mol. The number of nitrogens with zero attached hydrogens (tertiary/aromatic N) is 1. The topological polar surface area (TPSA) is 34.1 Å². The van der Waals surface area contributed by atoms with Gasteiger partial charge in [-0.3, -0.25) is 0 Å². The first kappa shape index (κ1) is 10.6. The molecular formula is C9H13IN2O. The van der Waals surface area contributed by atoms with Crippen molar-refractivity contribution >= 4 is 28.3 Å². The molecule has 3 nitrogen and oxygen atoms in total. The molecule has 0 aliphatic rings. The number of methoxy groups -OCH3 is 1. The number of hydrogen-bond acceptors (Lipinski definition) is 3. The van der Waals surface area contributed by atoms with Gasteiger partial charge >= 0.3 is 0 Å². The zero-order valence-corrected chi connectivity index (χ0v) is 10.1. The van der Waals surface area contributed by atoms with Crippen molar-refractivity contribution in [2.75, 3.05) is 12.4 Å². The Morgan fingerprint density at radius 1 is 1.54 bits per heavy atom. The number of pyridine rings is 1. The first-order valence-electron chi connectivity index (χ1n) is 4.09. The minimum atomic E-state index is 0.417. The van der Waals surface area contributed by atoms with Gasteiger partial charge in [0, 0.05) is 18.3 Å². The van der Waals surface area contributed by atoms with Gasteiger partial charge < -0.3 is 10.1 Å². The Bertz CT molecular complexity index is 289. The van der Waals surface area contributed by atoms with Crippen molar-refractivity contribution < 1.29 is 4.74 Å². The van der Waals surface area contributed by atoms with Crippen molar-refractivity contribution in [3.05, 3.63) is 15.8 Å². The van der Waals surface area contributed by atoms with Crippen LogP contribution in [-0.4, -0.2) is 18.1 Å². The van der Waals surface area contributed by atoms with E-state index < -0.39 is 0 Å². The lowest BCUT2D eigenvalue weighted by atomic mass is 10.3. The lowest BCUT2D eigenvalue weighted by Gasteiger charge is -2.12. The molecule has 0 aliphatic carbocycles. The van der Waals surface area contributed by atoms with E-state index in [-0.39, 0.29) is 0 Å². The van der Waals surface area contributed by atoms with Crippen molar-refractivity contribution in [3.63, 3.8) is 0 Å². The van der Waals surface area contributed by atoms with E-state index >= 15 is 0 Å². The second-order valence-electron chi connectivity index (χ2n) is 3.01. The molecule has 1 aromatic rings. The van der Waals surface area contributed by atoms with Crippen LogP contribution in [0.3, 0.4) is 0 Å². The number of rotatable bonds is 3. The number of hydrogen-bond donors (Lipinski definition) is 1. The third-order valence-corrected chi connectivity index (χ3v) is 2.34. The normalized spacial score (nSPS) is 10.2. The third-order valence-electron chi connectivity index (χ3n) is 1.48. The lowest BCUT2D eigenvalue weighted by molar-refractivity contribution is 0.398. The van der Waals surface area contributed by atoms with Crippen molar-refractivity contribution in [1.82, 2.24) is 4.98 Å². The second kappa shape index (κ2) is 4.64. The molecular weight excluding hydrogens is 279 g/mol. The molecule has 0 fully saturated rings. The molecule has 13 heavy (non-hydrogen) atoms. The van der Waals surface area contributed by atoms with Crippen LogP contribution in [0.4, 0.5) is 5.69 Å². The smallest absolute Gasteiger partial charge is 0.215 e. The van der Waals surface area contributed by atoms with Crippen molar-refractivity contribution in [1.29, 1.82) is 0 Å². The number of halogens is 1. The highest BCUT2D eigenvalue weighted by molar-refractivity contribution is 14.1. The molecule has 1 rings (SSSR count). The van der Waals surface area contributed by atoms with Crippen LogP contribution in [0.25, 0.3) is 0 Å². The zero-order valence-electron chi connectivity index (χ0n) is 7.97. The Labute approximate surface area is 92.0 Å². The lowest BCUT2D eigenvalue weighted by Crippen LogP contribution is -2.11. The van der Waals surface area contributed by atoms with Gasteiger partial charge in [0.25, 0.3) is 0 Å². The first-order chi connectivity index (χ1) is 6.13. The van der Waals surface area contributed by atoms with Crippen LogP contribution in [0, 0.1) is 3.57 Å². The molecule has 72 valence electrons. The van der Waals surface area contributed by atoms with Crippen LogP contribution < -0.4 is 10.1 Å². The highest BCUT2D eigenvalue weighted by Crippen LogP contribution is 2.21. The zero-order chi connectivity index (χ0) is 9.84. The van der Waals surface area contributed by atoms with Crippen LogP contribution >= 0.6 is 22.6 Å². The second-order valence-corrected chi connectivity index (χ2v) is 4.17. The van der Waals surface area contributed by atoms with E-state index in [9.17, 15) is 0 Å². The van der Waals surface area contributed by atoms with E-state index in [2.05, 4.69) is 46.7 Å². The summed E-state index contributed by atoms with van der Waals surface area (Å²) in [6.07, 6.45) is 1.80. The summed E-state index contributed by atoms with van der Waals surface area (Å²) in [5, 5.41) is 3.32. The predicted molar refractivity (Wildman–Crippen MR) is 62.3 cm³/mol. The Kier molecular flexibility index (Phi) is 3.77. The molecule has 0 radical (unpaired) electrons. The summed E-state index contributed by atoms with van der Waals surface area (Å²) >= 11 is 2.25. The molecule has 1 N–H and O–H groups in total. The van der Waals surface area contributed by atoms with Gasteiger partial charge in [-0.15, -0.1) is 0 Å². The summed E-state index contributed by atoms with van der Waals surface area (Å²) in [6.45, 7) is 4.20. The molecule has 0 saturated heterocycles. The van der Waals surface area contributed by atoms with Crippen LogP contribution in [0.1, 0.15) is 13.8 Å². The monoisotopic (exact) mass is 292 g/mol. The van der Waals surface area contributed by atoms with Gasteiger partial charge in [-0.1, -0.05) is 0 Å². The van der Waals surface area contributed by atoms with Crippen LogP contribution in [0.5, 0.6) is 5.88 Å².